The number of halogens is 2. The lowest BCUT2D eigenvalue weighted by atomic mass is 10.3. The number of aliphatic hydroxyl groups excluding tert-OH is 2. The van der Waals surface area contributed by atoms with Crippen molar-refractivity contribution in [3.63, 3.8) is 0 Å². The quantitative estimate of drug-likeness (QED) is 0.594. The molecular weight excluding hydrogens is 295 g/mol. The van der Waals surface area contributed by atoms with Crippen molar-refractivity contribution in [3.05, 3.63) is 24.3 Å². The molecule has 1 aromatic rings. The smallest absolute Gasteiger partial charge is 0.119 e. The normalized spacial score (nSPS) is 13.3. The highest BCUT2D eigenvalue weighted by Crippen LogP contribution is 2.14. The minimum absolute atomic E-state index is 0.0880. The van der Waals surface area contributed by atoms with Gasteiger partial charge < -0.3 is 25.2 Å². The largest absolute Gasteiger partial charge is 0.508 e. The Hall–Kier alpha value is -0.720. The first kappa shape index (κ1) is 18.3. The Labute approximate surface area is 122 Å². The Morgan fingerprint density at radius 1 is 0.947 bits per heavy atom. The standard InChI is InChI=1S/C6H12Cl2O3.C6H6O2/c7-5(1-9)3-11-4-6(8)2-10;7-5-2-1-3-6(8)4-5/h5-6,9-10H,1-4H2;1-4,7-8H. The van der Waals surface area contributed by atoms with Crippen LogP contribution < -0.4 is 0 Å². The van der Waals surface area contributed by atoms with Gasteiger partial charge in [0.1, 0.15) is 11.5 Å². The number of rotatable bonds is 6. The van der Waals surface area contributed by atoms with E-state index < -0.39 is 10.8 Å². The van der Waals surface area contributed by atoms with Gasteiger partial charge in [-0.3, -0.25) is 0 Å². The summed E-state index contributed by atoms with van der Waals surface area (Å²) in [7, 11) is 0. The Kier molecular flexibility index (Phi) is 10.7. The number of ether oxygens (including phenoxy) is 1. The van der Waals surface area contributed by atoms with E-state index in [1.165, 1.54) is 18.2 Å². The summed E-state index contributed by atoms with van der Waals surface area (Å²) in [5.74, 6) is 0.176. The van der Waals surface area contributed by atoms with E-state index in [1.807, 2.05) is 0 Å². The van der Waals surface area contributed by atoms with Gasteiger partial charge in [-0.25, -0.2) is 0 Å². The third kappa shape index (κ3) is 10.9. The zero-order valence-corrected chi connectivity index (χ0v) is 11.8. The van der Waals surface area contributed by atoms with E-state index in [1.54, 1.807) is 6.07 Å². The summed E-state index contributed by atoms with van der Waals surface area (Å²) in [5.41, 5.74) is 0. The van der Waals surface area contributed by atoms with Gasteiger partial charge in [0.15, 0.2) is 0 Å². The number of phenolic OH excluding ortho intramolecular Hbond substituents is 2. The second-order valence-electron chi connectivity index (χ2n) is 3.62. The van der Waals surface area contributed by atoms with Crippen LogP contribution in [0.3, 0.4) is 0 Å². The molecule has 110 valence electrons. The lowest BCUT2D eigenvalue weighted by Crippen LogP contribution is -2.19. The van der Waals surface area contributed by atoms with Crippen molar-refractivity contribution in [2.24, 2.45) is 0 Å². The first-order valence-electron chi connectivity index (χ1n) is 5.55. The summed E-state index contributed by atoms with van der Waals surface area (Å²) in [6.07, 6.45) is 0. The summed E-state index contributed by atoms with van der Waals surface area (Å²) in [6, 6.07) is 5.85. The molecule has 2 atom stereocenters. The summed E-state index contributed by atoms with van der Waals surface area (Å²) in [5, 5.41) is 33.4. The number of phenols is 2. The van der Waals surface area contributed by atoms with Crippen LogP contribution in [-0.2, 0) is 4.74 Å². The maximum Gasteiger partial charge on any atom is 0.119 e. The summed E-state index contributed by atoms with van der Waals surface area (Å²) in [6.45, 7) is 0.268. The third-order valence-electron chi connectivity index (χ3n) is 1.82. The fourth-order valence-corrected chi connectivity index (χ4v) is 1.10. The Bertz CT molecular complexity index is 310. The zero-order chi connectivity index (χ0) is 14.7. The molecular formula is C12H18Cl2O5. The van der Waals surface area contributed by atoms with Crippen molar-refractivity contribution in [1.82, 2.24) is 0 Å². The molecule has 0 fully saturated rings. The molecule has 2 unspecified atom stereocenters. The van der Waals surface area contributed by atoms with Crippen molar-refractivity contribution in [3.8, 4) is 11.5 Å². The molecule has 0 spiro atoms. The van der Waals surface area contributed by atoms with Crippen molar-refractivity contribution in [1.29, 1.82) is 0 Å². The van der Waals surface area contributed by atoms with E-state index in [4.69, 9.17) is 48.4 Å². The Balaban J connectivity index is 0.000000356. The number of hydrogen-bond donors (Lipinski definition) is 4. The molecule has 0 saturated carbocycles. The lowest BCUT2D eigenvalue weighted by Gasteiger charge is -2.09. The van der Waals surface area contributed by atoms with Crippen LogP contribution in [0.4, 0.5) is 0 Å². The first-order valence-corrected chi connectivity index (χ1v) is 6.42. The molecule has 0 aliphatic rings. The number of alkyl halides is 2. The van der Waals surface area contributed by atoms with Gasteiger partial charge in [-0.15, -0.1) is 23.2 Å². The van der Waals surface area contributed by atoms with Gasteiger partial charge in [0.25, 0.3) is 0 Å². The molecule has 5 nitrogen and oxygen atoms in total. The topological polar surface area (TPSA) is 90.2 Å². The fourth-order valence-electron chi connectivity index (χ4n) is 0.922. The number of hydrogen-bond acceptors (Lipinski definition) is 5. The SMILES string of the molecule is OCC(Cl)COCC(Cl)CO.Oc1cccc(O)c1. The predicted molar refractivity (Wildman–Crippen MR) is 74.0 cm³/mol. The molecule has 1 rings (SSSR count). The number of aromatic hydroxyl groups is 2. The van der Waals surface area contributed by atoms with Crippen LogP contribution in [0, 0.1) is 0 Å². The molecule has 0 aliphatic heterocycles. The van der Waals surface area contributed by atoms with Crippen LogP contribution >= 0.6 is 23.2 Å². The average Bonchev–Trinajstić information content (AvgIpc) is 2.38. The van der Waals surface area contributed by atoms with Gasteiger partial charge in [-0.05, 0) is 12.1 Å². The summed E-state index contributed by atoms with van der Waals surface area (Å²) >= 11 is 11.0. The van der Waals surface area contributed by atoms with Gasteiger partial charge in [-0.2, -0.15) is 0 Å². The van der Waals surface area contributed by atoms with Crippen LogP contribution in [0.5, 0.6) is 11.5 Å². The van der Waals surface area contributed by atoms with Crippen molar-refractivity contribution in [2.45, 2.75) is 10.8 Å². The maximum atomic E-state index is 8.65. The molecule has 7 heteroatoms. The second-order valence-corrected chi connectivity index (χ2v) is 4.85. The van der Waals surface area contributed by atoms with Crippen molar-refractivity contribution in [2.75, 3.05) is 26.4 Å². The predicted octanol–water partition coefficient (Wildman–Crippen LogP) is 1.30. The van der Waals surface area contributed by atoms with Crippen LogP contribution in [-0.4, -0.2) is 57.6 Å². The molecule has 0 amide bonds. The molecule has 0 bridgehead atoms. The Morgan fingerprint density at radius 2 is 1.37 bits per heavy atom. The molecule has 0 heterocycles. The lowest BCUT2D eigenvalue weighted by molar-refractivity contribution is 0.107. The molecule has 0 aromatic heterocycles. The fraction of sp³-hybridized carbons (Fsp3) is 0.500. The van der Waals surface area contributed by atoms with Crippen LogP contribution in [0.15, 0.2) is 24.3 Å². The molecule has 0 radical (unpaired) electrons. The minimum Gasteiger partial charge on any atom is -0.508 e. The summed E-state index contributed by atoms with van der Waals surface area (Å²) < 4.78 is 4.96. The van der Waals surface area contributed by atoms with E-state index in [0.29, 0.717) is 0 Å². The Morgan fingerprint density at radius 3 is 1.63 bits per heavy atom. The van der Waals surface area contributed by atoms with Crippen LogP contribution in [0.2, 0.25) is 0 Å². The monoisotopic (exact) mass is 312 g/mol. The minimum atomic E-state index is -0.391. The number of aliphatic hydroxyl groups is 2. The van der Waals surface area contributed by atoms with Crippen molar-refractivity contribution < 1.29 is 25.2 Å². The van der Waals surface area contributed by atoms with E-state index >= 15 is 0 Å². The van der Waals surface area contributed by atoms with Crippen LogP contribution in [0.25, 0.3) is 0 Å². The average molecular weight is 313 g/mol. The van der Waals surface area contributed by atoms with Crippen LogP contribution in [0.1, 0.15) is 0 Å². The van der Waals surface area contributed by atoms with E-state index in [9.17, 15) is 0 Å². The molecule has 1 aromatic carbocycles. The number of benzene rings is 1. The molecule has 0 aliphatic carbocycles. The van der Waals surface area contributed by atoms with Crippen molar-refractivity contribution >= 4 is 23.2 Å². The maximum absolute atomic E-state index is 8.65. The van der Waals surface area contributed by atoms with Gasteiger partial charge >= 0.3 is 0 Å². The first-order chi connectivity index (χ1) is 8.99. The van der Waals surface area contributed by atoms with Gasteiger partial charge in [0.2, 0.25) is 0 Å². The summed E-state index contributed by atoms with van der Waals surface area (Å²) in [4.78, 5) is 0. The highest BCUT2D eigenvalue weighted by atomic mass is 35.5. The third-order valence-corrected chi connectivity index (χ3v) is 2.35. The highest BCUT2D eigenvalue weighted by molar-refractivity contribution is 6.21. The zero-order valence-electron chi connectivity index (χ0n) is 10.2. The van der Waals surface area contributed by atoms with E-state index in [-0.39, 0.29) is 37.9 Å². The van der Waals surface area contributed by atoms with Gasteiger partial charge in [0, 0.05) is 6.07 Å². The molecule has 0 saturated heterocycles. The molecule has 19 heavy (non-hydrogen) atoms. The molecule has 4 N–H and O–H groups in total. The van der Waals surface area contributed by atoms with Gasteiger partial charge in [-0.1, -0.05) is 6.07 Å². The van der Waals surface area contributed by atoms with E-state index in [0.717, 1.165) is 0 Å². The van der Waals surface area contributed by atoms with Gasteiger partial charge in [0.05, 0.1) is 37.2 Å². The second kappa shape index (κ2) is 11.1. The highest BCUT2D eigenvalue weighted by Gasteiger charge is 2.05. The van der Waals surface area contributed by atoms with E-state index in [2.05, 4.69) is 0 Å².